The fourth-order valence-corrected chi connectivity index (χ4v) is 2.35. The summed E-state index contributed by atoms with van der Waals surface area (Å²) >= 11 is 0. The first-order valence-corrected chi connectivity index (χ1v) is 8.28. The summed E-state index contributed by atoms with van der Waals surface area (Å²) in [6, 6.07) is 7.52. The summed E-state index contributed by atoms with van der Waals surface area (Å²) in [4.78, 5) is 0. The molecule has 0 amide bonds. The van der Waals surface area contributed by atoms with E-state index in [0.29, 0.717) is 19.6 Å². The lowest BCUT2D eigenvalue weighted by Crippen LogP contribution is -2.19. The van der Waals surface area contributed by atoms with Crippen LogP contribution in [0.3, 0.4) is 0 Å². The predicted molar refractivity (Wildman–Crippen MR) is 80.4 cm³/mol. The second-order valence-electron chi connectivity index (χ2n) is 4.52. The number of rotatable bonds is 9. The monoisotopic (exact) mass is 312 g/mol. The average molecular weight is 312 g/mol. The average Bonchev–Trinajstić information content (AvgIpc) is 2.43. The summed E-state index contributed by atoms with van der Waals surface area (Å²) in [6.07, 6.45) is 6.32. The topological polar surface area (TPSA) is 61.8 Å². The van der Waals surface area contributed by atoms with E-state index < -0.39 is 16.2 Å². The van der Waals surface area contributed by atoms with E-state index in [-0.39, 0.29) is 6.42 Å². The van der Waals surface area contributed by atoms with Crippen LogP contribution < -0.4 is 4.74 Å². The summed E-state index contributed by atoms with van der Waals surface area (Å²) in [6.45, 7) is 0.805. The standard InChI is InChI=1S/C15H20O5S/c1-4-5-15(20-21(3,16)17)10-11-19-12-13-6-8-14(18-2)9-7-13/h1,6-9,15H,5,10-12H2,2-3H3. The zero-order valence-corrected chi connectivity index (χ0v) is 13.1. The van der Waals surface area contributed by atoms with Crippen LogP contribution in [0.5, 0.6) is 5.75 Å². The Labute approximate surface area is 126 Å². The Morgan fingerprint density at radius 1 is 1.29 bits per heavy atom. The van der Waals surface area contributed by atoms with Crippen LogP contribution in [0.15, 0.2) is 24.3 Å². The highest BCUT2D eigenvalue weighted by molar-refractivity contribution is 7.86. The summed E-state index contributed by atoms with van der Waals surface area (Å²) in [5, 5.41) is 0. The van der Waals surface area contributed by atoms with E-state index in [1.54, 1.807) is 7.11 Å². The molecule has 0 aliphatic rings. The largest absolute Gasteiger partial charge is 0.497 e. The van der Waals surface area contributed by atoms with Crippen LogP contribution in [0, 0.1) is 12.3 Å². The van der Waals surface area contributed by atoms with Crippen molar-refractivity contribution in [3.8, 4) is 18.1 Å². The molecule has 0 bridgehead atoms. The highest BCUT2D eigenvalue weighted by Crippen LogP contribution is 2.13. The summed E-state index contributed by atoms with van der Waals surface area (Å²) in [5.74, 6) is 3.19. The molecular weight excluding hydrogens is 292 g/mol. The number of hydrogen-bond acceptors (Lipinski definition) is 5. The van der Waals surface area contributed by atoms with Crippen LogP contribution in [0.25, 0.3) is 0 Å². The first-order chi connectivity index (χ1) is 9.94. The van der Waals surface area contributed by atoms with E-state index in [4.69, 9.17) is 20.1 Å². The molecule has 0 saturated heterocycles. The van der Waals surface area contributed by atoms with Crippen LogP contribution in [-0.4, -0.2) is 34.5 Å². The van der Waals surface area contributed by atoms with Crippen molar-refractivity contribution in [3.05, 3.63) is 29.8 Å². The Balaban J connectivity index is 2.35. The molecule has 0 heterocycles. The molecule has 21 heavy (non-hydrogen) atoms. The van der Waals surface area contributed by atoms with Gasteiger partial charge in [-0.25, -0.2) is 0 Å². The minimum atomic E-state index is -3.51. The van der Waals surface area contributed by atoms with Gasteiger partial charge in [0.15, 0.2) is 0 Å². The highest BCUT2D eigenvalue weighted by atomic mass is 32.2. The van der Waals surface area contributed by atoms with E-state index in [9.17, 15) is 8.42 Å². The number of benzene rings is 1. The van der Waals surface area contributed by atoms with Gasteiger partial charge in [-0.05, 0) is 24.1 Å². The van der Waals surface area contributed by atoms with Gasteiger partial charge in [-0.1, -0.05) is 12.1 Å². The van der Waals surface area contributed by atoms with Gasteiger partial charge in [0, 0.05) is 13.0 Å². The van der Waals surface area contributed by atoms with Gasteiger partial charge in [-0.2, -0.15) is 8.42 Å². The van der Waals surface area contributed by atoms with Crippen LogP contribution >= 0.6 is 0 Å². The molecule has 6 heteroatoms. The van der Waals surface area contributed by atoms with Crippen molar-refractivity contribution >= 4 is 10.1 Å². The van der Waals surface area contributed by atoms with Crippen molar-refractivity contribution in [1.29, 1.82) is 0 Å². The zero-order chi connectivity index (χ0) is 15.7. The van der Waals surface area contributed by atoms with Crippen LogP contribution in [0.2, 0.25) is 0 Å². The molecule has 0 aliphatic heterocycles. The lowest BCUT2D eigenvalue weighted by atomic mass is 10.2. The lowest BCUT2D eigenvalue weighted by Gasteiger charge is -2.13. The third-order valence-corrected chi connectivity index (χ3v) is 3.29. The van der Waals surface area contributed by atoms with E-state index in [2.05, 4.69) is 5.92 Å². The van der Waals surface area contributed by atoms with Gasteiger partial charge in [0.25, 0.3) is 10.1 Å². The van der Waals surface area contributed by atoms with Gasteiger partial charge in [-0.15, -0.1) is 12.3 Å². The second kappa shape index (κ2) is 8.67. The third-order valence-electron chi connectivity index (χ3n) is 2.67. The molecule has 1 aromatic rings. The first-order valence-electron chi connectivity index (χ1n) is 6.47. The number of methoxy groups -OCH3 is 1. The smallest absolute Gasteiger partial charge is 0.264 e. The van der Waals surface area contributed by atoms with Crippen molar-refractivity contribution < 1.29 is 22.1 Å². The SMILES string of the molecule is C#CCC(CCOCc1ccc(OC)cc1)OS(C)(=O)=O. The van der Waals surface area contributed by atoms with Gasteiger partial charge >= 0.3 is 0 Å². The molecule has 5 nitrogen and oxygen atoms in total. The summed E-state index contributed by atoms with van der Waals surface area (Å²) in [7, 11) is -1.90. The Bertz CT molecular complexity index is 557. The van der Waals surface area contributed by atoms with E-state index >= 15 is 0 Å². The molecule has 0 radical (unpaired) electrons. The Morgan fingerprint density at radius 2 is 1.95 bits per heavy atom. The molecule has 0 fully saturated rings. The first kappa shape index (κ1) is 17.5. The molecule has 0 spiro atoms. The molecule has 1 atom stereocenters. The van der Waals surface area contributed by atoms with Crippen molar-refractivity contribution in [2.45, 2.75) is 25.6 Å². The van der Waals surface area contributed by atoms with E-state index in [1.165, 1.54) is 0 Å². The Kier molecular flexibility index (Phi) is 7.23. The maximum Gasteiger partial charge on any atom is 0.264 e. The molecular formula is C15H20O5S. The zero-order valence-electron chi connectivity index (χ0n) is 12.2. The maximum atomic E-state index is 11.1. The van der Waals surface area contributed by atoms with E-state index in [0.717, 1.165) is 17.6 Å². The molecule has 0 saturated carbocycles. The molecule has 1 unspecified atom stereocenters. The quantitative estimate of drug-likeness (QED) is 0.396. The predicted octanol–water partition coefficient (Wildman–Crippen LogP) is 1.97. The number of hydrogen-bond donors (Lipinski definition) is 0. The Hall–Kier alpha value is -1.55. The van der Waals surface area contributed by atoms with Gasteiger partial charge in [0.2, 0.25) is 0 Å². The molecule has 0 N–H and O–H groups in total. The summed E-state index contributed by atoms with van der Waals surface area (Å²) in [5.41, 5.74) is 1.01. The molecule has 0 aromatic heterocycles. The van der Waals surface area contributed by atoms with Gasteiger partial charge in [0.1, 0.15) is 5.75 Å². The number of ether oxygens (including phenoxy) is 2. The second-order valence-corrected chi connectivity index (χ2v) is 6.12. The highest BCUT2D eigenvalue weighted by Gasteiger charge is 2.14. The molecule has 116 valence electrons. The minimum absolute atomic E-state index is 0.235. The fourth-order valence-electron chi connectivity index (χ4n) is 1.69. The van der Waals surface area contributed by atoms with Crippen LogP contribution in [0.1, 0.15) is 18.4 Å². The fraction of sp³-hybridized carbons (Fsp3) is 0.467. The van der Waals surface area contributed by atoms with Crippen molar-refractivity contribution in [1.82, 2.24) is 0 Å². The lowest BCUT2D eigenvalue weighted by molar-refractivity contribution is 0.0863. The molecule has 1 rings (SSSR count). The van der Waals surface area contributed by atoms with Crippen molar-refractivity contribution in [2.24, 2.45) is 0 Å². The maximum absolute atomic E-state index is 11.1. The number of terminal acetylenes is 1. The molecule has 0 aliphatic carbocycles. The minimum Gasteiger partial charge on any atom is -0.497 e. The normalized spacial score (nSPS) is 12.6. The van der Waals surface area contributed by atoms with Gasteiger partial charge < -0.3 is 9.47 Å². The summed E-state index contributed by atoms with van der Waals surface area (Å²) < 4.78 is 37.6. The third kappa shape index (κ3) is 7.71. The van der Waals surface area contributed by atoms with E-state index in [1.807, 2.05) is 24.3 Å². The van der Waals surface area contributed by atoms with Crippen molar-refractivity contribution in [2.75, 3.05) is 20.0 Å². The van der Waals surface area contributed by atoms with Gasteiger partial charge in [0.05, 0.1) is 26.1 Å². The van der Waals surface area contributed by atoms with Crippen LogP contribution in [-0.2, 0) is 25.6 Å². The van der Waals surface area contributed by atoms with Gasteiger partial charge in [-0.3, -0.25) is 4.18 Å². The Morgan fingerprint density at radius 3 is 2.48 bits per heavy atom. The molecule has 1 aromatic carbocycles. The van der Waals surface area contributed by atoms with Crippen LogP contribution in [0.4, 0.5) is 0 Å². The van der Waals surface area contributed by atoms with Crippen molar-refractivity contribution in [3.63, 3.8) is 0 Å².